The first kappa shape index (κ1) is 43.1. The van der Waals surface area contributed by atoms with Gasteiger partial charge in [0.1, 0.15) is 29.7 Å². The first-order valence-corrected chi connectivity index (χ1v) is 18.0. The van der Waals surface area contributed by atoms with E-state index >= 15 is 0 Å². The maximum Gasteiger partial charge on any atom is 0.311 e. The molecule has 3 rings (SSSR count). The van der Waals surface area contributed by atoms with Crippen LogP contribution in [0.25, 0.3) is 0 Å². The van der Waals surface area contributed by atoms with Crippen molar-refractivity contribution in [2.75, 3.05) is 21.2 Å². The lowest BCUT2D eigenvalue weighted by Gasteiger charge is -2.49. The molecule has 14 heteroatoms. The van der Waals surface area contributed by atoms with Crippen LogP contribution in [-0.4, -0.2) is 148 Å². The molecule has 0 amide bonds. The third kappa shape index (κ3) is 9.07. The maximum atomic E-state index is 13.9. The largest absolute Gasteiger partial charge is 0.459 e. The molecule has 3 fully saturated rings. The Hall–Kier alpha value is -1.30. The van der Waals surface area contributed by atoms with Gasteiger partial charge < -0.3 is 58.9 Å². The highest BCUT2D eigenvalue weighted by molar-refractivity contribution is 5.83. The second kappa shape index (κ2) is 16.4. The molecular formula is C36H65NO13. The smallest absolute Gasteiger partial charge is 0.311 e. The minimum absolute atomic E-state index is 0.0924. The van der Waals surface area contributed by atoms with Crippen LogP contribution in [0.1, 0.15) is 88.5 Å². The Morgan fingerprint density at radius 2 is 1.44 bits per heavy atom. The standard InChI is InChI=1S/C36H65NO13/c1-17-15-34(8,43)31(50-33-27(39)24(37(11)12)14-18(2)46-33)20(4)28(49-25-16-35(9,45-13)30(41)22(6)47-25)21(5)32(42)48-23(7)36(10,44)29(40)19(3)26(17)38/h17-25,27-31,33,39-41,43-44H,14-16H2,1-13H3/t17-,18?,19+,20+,21-,22?,23-,24-,25+,27?,28+,29-,30+,31-,33+,34-,35+,36-/m1/s1. The van der Waals surface area contributed by atoms with E-state index in [0.29, 0.717) is 6.42 Å². The first-order valence-electron chi connectivity index (χ1n) is 18.0. The molecule has 50 heavy (non-hydrogen) atoms. The number of nitrogens with zero attached hydrogens (tertiary/aromatic N) is 1. The third-order valence-corrected chi connectivity index (χ3v) is 11.7. The predicted octanol–water partition coefficient (Wildman–Crippen LogP) is 1.40. The maximum absolute atomic E-state index is 13.9. The number of esters is 1. The lowest BCUT2D eigenvalue weighted by atomic mass is 9.74. The zero-order valence-electron chi connectivity index (χ0n) is 32.2. The number of carbonyl (C=O) groups is 2. The van der Waals surface area contributed by atoms with E-state index in [1.807, 2.05) is 25.9 Å². The zero-order chi connectivity index (χ0) is 38.3. The molecule has 0 bridgehead atoms. The molecule has 0 aromatic heterocycles. The van der Waals surface area contributed by atoms with E-state index in [0.717, 1.165) is 0 Å². The predicted molar refractivity (Wildman–Crippen MR) is 182 cm³/mol. The Labute approximate surface area is 297 Å². The van der Waals surface area contributed by atoms with Crippen LogP contribution in [0.15, 0.2) is 0 Å². The molecule has 0 saturated carbocycles. The summed E-state index contributed by atoms with van der Waals surface area (Å²) in [6, 6.07) is -0.323. The van der Waals surface area contributed by atoms with Gasteiger partial charge in [0.15, 0.2) is 12.6 Å². The number of cyclic esters (lactones) is 1. The van der Waals surface area contributed by atoms with Gasteiger partial charge in [0.05, 0.1) is 47.6 Å². The fourth-order valence-electron chi connectivity index (χ4n) is 8.00. The van der Waals surface area contributed by atoms with Crippen LogP contribution in [0.2, 0.25) is 0 Å². The van der Waals surface area contributed by atoms with Crippen molar-refractivity contribution in [3.05, 3.63) is 0 Å². The van der Waals surface area contributed by atoms with Crippen LogP contribution in [0.3, 0.4) is 0 Å². The van der Waals surface area contributed by atoms with Gasteiger partial charge in [0.25, 0.3) is 0 Å². The molecule has 3 heterocycles. The van der Waals surface area contributed by atoms with Gasteiger partial charge in [0, 0.05) is 37.3 Å². The van der Waals surface area contributed by atoms with Gasteiger partial charge in [-0.2, -0.15) is 0 Å². The Bertz CT molecular complexity index is 1150. The van der Waals surface area contributed by atoms with Gasteiger partial charge in [-0.3, -0.25) is 9.59 Å². The Morgan fingerprint density at radius 3 is 2.00 bits per heavy atom. The highest BCUT2D eigenvalue weighted by Crippen LogP contribution is 2.40. The van der Waals surface area contributed by atoms with Gasteiger partial charge >= 0.3 is 5.97 Å². The number of hydrogen-bond acceptors (Lipinski definition) is 14. The molecular weight excluding hydrogens is 654 g/mol. The Kier molecular flexibility index (Phi) is 14.1. The highest BCUT2D eigenvalue weighted by atomic mass is 16.7. The van der Waals surface area contributed by atoms with Gasteiger partial charge in [0.2, 0.25) is 0 Å². The first-order chi connectivity index (χ1) is 22.9. The SMILES string of the molecule is CO[C@@]1(C)C[C@H](O[C@H]2[C@H](C)[C@@H](O[C@@H]3OC(C)C[C@@H](N(C)C)C3O)[C@](C)(O)C[C@@H](C)C(=O)[C@H](C)[C@@H](O)[C@](C)(O)[C@@H](C)OC(=O)[C@@H]2C)OC(C)[C@@H]1O. The number of ether oxygens (including phenoxy) is 6. The number of likely N-dealkylation sites (N-methyl/N-ethyl adjacent to an activating group) is 1. The number of rotatable bonds is 6. The van der Waals surface area contributed by atoms with Crippen LogP contribution in [0.4, 0.5) is 0 Å². The second-order valence-electron chi connectivity index (χ2n) is 16.2. The molecule has 3 saturated heterocycles. The van der Waals surface area contributed by atoms with Crippen LogP contribution < -0.4 is 0 Å². The van der Waals surface area contributed by atoms with Crippen LogP contribution >= 0.6 is 0 Å². The minimum atomic E-state index is -2.00. The van der Waals surface area contributed by atoms with Crippen LogP contribution in [0.5, 0.6) is 0 Å². The summed E-state index contributed by atoms with van der Waals surface area (Å²) in [6.07, 6.45) is -9.90. The van der Waals surface area contributed by atoms with E-state index in [9.17, 15) is 35.1 Å². The second-order valence-corrected chi connectivity index (χ2v) is 16.2. The molecule has 3 aliphatic rings. The molecule has 3 aliphatic heterocycles. The summed E-state index contributed by atoms with van der Waals surface area (Å²) in [5, 5.41) is 57.2. The van der Waals surface area contributed by atoms with E-state index in [2.05, 4.69) is 0 Å². The molecule has 0 radical (unpaired) electrons. The summed E-state index contributed by atoms with van der Waals surface area (Å²) in [5.74, 6) is -5.00. The molecule has 18 atom stereocenters. The van der Waals surface area contributed by atoms with Crippen molar-refractivity contribution in [2.24, 2.45) is 23.7 Å². The summed E-state index contributed by atoms with van der Waals surface area (Å²) in [5.41, 5.74) is -4.85. The number of carbonyl (C=O) groups excluding carboxylic acids is 2. The fourth-order valence-corrected chi connectivity index (χ4v) is 8.00. The lowest BCUT2D eigenvalue weighted by molar-refractivity contribution is -0.318. The number of methoxy groups -OCH3 is 1. The Morgan fingerprint density at radius 1 is 0.840 bits per heavy atom. The third-order valence-electron chi connectivity index (χ3n) is 11.7. The molecule has 5 N–H and O–H groups in total. The Balaban J connectivity index is 2.16. The quantitative estimate of drug-likeness (QED) is 0.247. The van der Waals surface area contributed by atoms with E-state index in [1.165, 1.54) is 34.8 Å². The topological polar surface area (TPSA) is 194 Å². The summed E-state index contributed by atoms with van der Waals surface area (Å²) in [7, 11) is 5.17. The molecule has 292 valence electrons. The average Bonchev–Trinajstić information content (AvgIpc) is 3.03. The molecule has 0 aromatic rings. The fraction of sp³-hybridized carbons (Fsp3) is 0.944. The number of hydrogen-bond donors (Lipinski definition) is 5. The van der Waals surface area contributed by atoms with Crippen molar-refractivity contribution in [1.29, 1.82) is 0 Å². The van der Waals surface area contributed by atoms with Gasteiger partial charge in [-0.05, 0) is 75.4 Å². The summed E-state index contributed by atoms with van der Waals surface area (Å²) < 4.78 is 36.8. The number of aliphatic hydroxyl groups is 5. The summed E-state index contributed by atoms with van der Waals surface area (Å²) in [6.45, 7) is 16.0. The average molecular weight is 720 g/mol. The molecule has 0 aliphatic carbocycles. The molecule has 3 unspecified atom stereocenters. The highest BCUT2D eigenvalue weighted by Gasteiger charge is 2.53. The van der Waals surface area contributed by atoms with Crippen LogP contribution in [-0.2, 0) is 38.0 Å². The monoisotopic (exact) mass is 719 g/mol. The summed E-state index contributed by atoms with van der Waals surface area (Å²) in [4.78, 5) is 29.5. The van der Waals surface area contributed by atoms with E-state index < -0.39 is 108 Å². The van der Waals surface area contributed by atoms with Crippen molar-refractivity contribution in [3.63, 3.8) is 0 Å². The van der Waals surface area contributed by atoms with Crippen molar-refractivity contribution in [2.45, 2.75) is 173 Å². The van der Waals surface area contributed by atoms with E-state index in [-0.39, 0.29) is 25.0 Å². The number of ketones is 1. The van der Waals surface area contributed by atoms with Gasteiger partial charge in [-0.25, -0.2) is 0 Å². The van der Waals surface area contributed by atoms with Crippen LogP contribution in [0, 0.1) is 23.7 Å². The molecule has 14 nitrogen and oxygen atoms in total. The van der Waals surface area contributed by atoms with Crippen molar-refractivity contribution < 1.29 is 63.5 Å². The van der Waals surface area contributed by atoms with Gasteiger partial charge in [-0.15, -0.1) is 0 Å². The van der Waals surface area contributed by atoms with E-state index in [1.54, 1.807) is 34.6 Å². The zero-order valence-corrected chi connectivity index (χ0v) is 32.2. The number of aliphatic hydroxyl groups excluding tert-OH is 3. The minimum Gasteiger partial charge on any atom is -0.459 e. The van der Waals surface area contributed by atoms with Gasteiger partial charge in [-0.1, -0.05) is 20.8 Å². The van der Waals surface area contributed by atoms with Crippen molar-refractivity contribution in [3.8, 4) is 0 Å². The summed E-state index contributed by atoms with van der Waals surface area (Å²) >= 11 is 0. The van der Waals surface area contributed by atoms with Crippen molar-refractivity contribution >= 4 is 11.8 Å². The van der Waals surface area contributed by atoms with Crippen molar-refractivity contribution in [1.82, 2.24) is 4.90 Å². The molecule has 0 spiro atoms. The van der Waals surface area contributed by atoms with E-state index in [4.69, 9.17) is 28.4 Å². The lowest BCUT2D eigenvalue weighted by Crippen LogP contribution is -2.61. The normalized spacial score (nSPS) is 50.5. The molecule has 0 aromatic carbocycles. The number of Topliss-reactive ketones (excluding diaryl/α,β-unsaturated/α-hetero) is 1.